The molecular weight excluding hydrogens is 284 g/mol. The molecule has 0 bridgehead atoms. The van der Waals surface area contributed by atoms with E-state index in [1.807, 2.05) is 11.4 Å². The molecule has 22 heavy (non-hydrogen) atoms. The van der Waals surface area contributed by atoms with E-state index < -0.39 is 0 Å². The van der Waals surface area contributed by atoms with Gasteiger partial charge < -0.3 is 19.3 Å². The van der Waals surface area contributed by atoms with Gasteiger partial charge in [-0.25, -0.2) is 0 Å². The molecule has 2 aromatic rings. The maximum atomic E-state index is 5.40. The maximum absolute atomic E-state index is 5.40. The molecule has 0 N–H and O–H groups in total. The Morgan fingerprint density at radius 3 is 2.23 bits per heavy atom. The molecule has 0 spiro atoms. The van der Waals surface area contributed by atoms with Crippen LogP contribution in [0.2, 0.25) is 0 Å². The van der Waals surface area contributed by atoms with Crippen molar-refractivity contribution in [1.29, 1.82) is 0 Å². The average molecular weight is 304 g/mol. The van der Waals surface area contributed by atoms with Gasteiger partial charge in [0.05, 0.1) is 26.4 Å². The summed E-state index contributed by atoms with van der Waals surface area (Å²) in [6.45, 7) is 8.37. The Labute approximate surface area is 128 Å². The van der Waals surface area contributed by atoms with Crippen LogP contribution in [0.4, 0.5) is 11.8 Å². The van der Waals surface area contributed by atoms with Crippen LogP contribution in [0.5, 0.6) is 0 Å². The summed E-state index contributed by atoms with van der Waals surface area (Å²) >= 11 is 0. The lowest BCUT2D eigenvalue weighted by Gasteiger charge is -2.27. The van der Waals surface area contributed by atoms with Crippen molar-refractivity contribution in [1.82, 2.24) is 19.6 Å². The molecule has 2 fully saturated rings. The van der Waals surface area contributed by atoms with Gasteiger partial charge in [0.25, 0.3) is 5.78 Å². The van der Waals surface area contributed by atoms with E-state index in [9.17, 15) is 0 Å². The summed E-state index contributed by atoms with van der Waals surface area (Å²) in [5.74, 6) is 2.34. The zero-order chi connectivity index (χ0) is 14.9. The molecular formula is C14H20N6O2. The summed E-state index contributed by atoms with van der Waals surface area (Å²) < 4.78 is 12.6. The summed E-state index contributed by atoms with van der Waals surface area (Å²) in [6.07, 6.45) is 0. The van der Waals surface area contributed by atoms with Crippen molar-refractivity contribution < 1.29 is 9.47 Å². The quantitative estimate of drug-likeness (QED) is 0.780. The van der Waals surface area contributed by atoms with Gasteiger partial charge in [0.1, 0.15) is 5.82 Å². The standard InChI is InChI=1S/C14H20N6O2/c1-11-10-12(18-2-6-21-7-3-18)15-13-16-14(17-20(11)13)19-4-8-22-9-5-19/h10H,2-9H2,1H3. The summed E-state index contributed by atoms with van der Waals surface area (Å²) in [4.78, 5) is 13.7. The van der Waals surface area contributed by atoms with Gasteiger partial charge in [-0.2, -0.15) is 14.5 Å². The third-order valence-electron chi connectivity index (χ3n) is 4.09. The van der Waals surface area contributed by atoms with Crippen LogP contribution < -0.4 is 9.80 Å². The van der Waals surface area contributed by atoms with E-state index in [4.69, 9.17) is 9.47 Å². The van der Waals surface area contributed by atoms with Crippen LogP contribution in [-0.2, 0) is 9.47 Å². The highest BCUT2D eigenvalue weighted by molar-refractivity contribution is 5.49. The number of morpholine rings is 2. The van der Waals surface area contributed by atoms with E-state index in [0.717, 1.165) is 70.1 Å². The van der Waals surface area contributed by atoms with Gasteiger partial charge in [-0.05, 0) is 6.92 Å². The molecule has 2 aromatic heterocycles. The van der Waals surface area contributed by atoms with E-state index >= 15 is 0 Å². The lowest BCUT2D eigenvalue weighted by Crippen LogP contribution is -2.37. The van der Waals surface area contributed by atoms with Crippen LogP contribution in [0.3, 0.4) is 0 Å². The molecule has 118 valence electrons. The van der Waals surface area contributed by atoms with Crippen molar-refractivity contribution in [2.75, 3.05) is 62.4 Å². The number of anilines is 2. The van der Waals surface area contributed by atoms with E-state index in [-0.39, 0.29) is 0 Å². The average Bonchev–Trinajstić information content (AvgIpc) is 3.01. The highest BCUT2D eigenvalue weighted by Crippen LogP contribution is 2.18. The van der Waals surface area contributed by atoms with Crippen LogP contribution >= 0.6 is 0 Å². The van der Waals surface area contributed by atoms with Gasteiger partial charge in [-0.1, -0.05) is 0 Å². The van der Waals surface area contributed by atoms with Gasteiger partial charge in [-0.15, -0.1) is 5.10 Å². The summed E-state index contributed by atoms with van der Waals surface area (Å²) in [5, 5.41) is 4.59. The molecule has 4 heterocycles. The molecule has 2 saturated heterocycles. The van der Waals surface area contributed by atoms with Crippen molar-refractivity contribution in [3.05, 3.63) is 11.8 Å². The fourth-order valence-corrected chi connectivity index (χ4v) is 2.84. The van der Waals surface area contributed by atoms with Gasteiger partial charge in [0.2, 0.25) is 5.95 Å². The van der Waals surface area contributed by atoms with Crippen LogP contribution in [-0.4, -0.2) is 72.2 Å². The van der Waals surface area contributed by atoms with E-state index in [0.29, 0.717) is 5.78 Å². The third kappa shape index (κ3) is 2.48. The number of ether oxygens (including phenoxy) is 2. The van der Waals surface area contributed by atoms with Crippen LogP contribution in [0.15, 0.2) is 6.07 Å². The smallest absolute Gasteiger partial charge is 0.256 e. The second kappa shape index (κ2) is 5.69. The fourth-order valence-electron chi connectivity index (χ4n) is 2.84. The second-order valence-corrected chi connectivity index (χ2v) is 5.58. The third-order valence-corrected chi connectivity index (χ3v) is 4.09. The molecule has 4 rings (SSSR count). The molecule has 2 aliphatic heterocycles. The van der Waals surface area contributed by atoms with Gasteiger partial charge in [0.15, 0.2) is 0 Å². The van der Waals surface area contributed by atoms with Crippen molar-refractivity contribution >= 4 is 17.5 Å². The molecule has 0 atom stereocenters. The van der Waals surface area contributed by atoms with Gasteiger partial charge in [-0.3, -0.25) is 0 Å². The molecule has 2 aliphatic rings. The Kier molecular flexibility index (Phi) is 3.55. The van der Waals surface area contributed by atoms with E-state index in [1.54, 1.807) is 0 Å². The molecule has 8 nitrogen and oxygen atoms in total. The first-order chi connectivity index (χ1) is 10.8. The second-order valence-electron chi connectivity index (χ2n) is 5.58. The fraction of sp³-hybridized carbons (Fsp3) is 0.643. The highest BCUT2D eigenvalue weighted by atomic mass is 16.5. The van der Waals surface area contributed by atoms with Crippen LogP contribution in [0.1, 0.15) is 5.69 Å². The van der Waals surface area contributed by atoms with Gasteiger partial charge >= 0.3 is 0 Å². The molecule has 0 unspecified atom stereocenters. The lowest BCUT2D eigenvalue weighted by atomic mass is 10.3. The SMILES string of the molecule is Cc1cc(N2CCOCC2)nc2nc(N3CCOCC3)nn12. The minimum absolute atomic E-state index is 0.656. The van der Waals surface area contributed by atoms with Crippen molar-refractivity contribution in [3.63, 3.8) is 0 Å². The number of hydrogen-bond donors (Lipinski definition) is 0. The molecule has 0 amide bonds. The van der Waals surface area contributed by atoms with Crippen LogP contribution in [0.25, 0.3) is 5.78 Å². The Bertz CT molecular complexity index is 661. The van der Waals surface area contributed by atoms with Crippen molar-refractivity contribution in [3.8, 4) is 0 Å². The largest absolute Gasteiger partial charge is 0.378 e. The van der Waals surface area contributed by atoms with Crippen LogP contribution in [0, 0.1) is 6.92 Å². The molecule has 0 saturated carbocycles. The zero-order valence-corrected chi connectivity index (χ0v) is 12.7. The monoisotopic (exact) mass is 304 g/mol. The Morgan fingerprint density at radius 1 is 0.909 bits per heavy atom. The summed E-state index contributed by atoms with van der Waals surface area (Å²) in [5.41, 5.74) is 1.04. The minimum atomic E-state index is 0.656. The Balaban J connectivity index is 1.67. The van der Waals surface area contributed by atoms with Crippen molar-refractivity contribution in [2.24, 2.45) is 0 Å². The number of aromatic nitrogens is 4. The molecule has 0 aromatic carbocycles. The Morgan fingerprint density at radius 2 is 1.55 bits per heavy atom. The number of fused-ring (bicyclic) bond motifs is 1. The number of hydrogen-bond acceptors (Lipinski definition) is 7. The number of rotatable bonds is 2. The zero-order valence-electron chi connectivity index (χ0n) is 12.7. The molecule has 0 aliphatic carbocycles. The van der Waals surface area contributed by atoms with Gasteiger partial charge in [0, 0.05) is 37.9 Å². The summed E-state index contributed by atoms with van der Waals surface area (Å²) in [7, 11) is 0. The molecule has 0 radical (unpaired) electrons. The first kappa shape index (κ1) is 13.7. The maximum Gasteiger partial charge on any atom is 0.256 e. The molecule has 8 heteroatoms. The summed E-state index contributed by atoms with van der Waals surface area (Å²) in [6, 6.07) is 2.07. The highest BCUT2D eigenvalue weighted by Gasteiger charge is 2.19. The Hall–Kier alpha value is -1.93. The predicted molar refractivity (Wildman–Crippen MR) is 81.6 cm³/mol. The normalized spacial score (nSPS) is 19.9. The minimum Gasteiger partial charge on any atom is -0.378 e. The topological polar surface area (TPSA) is 68.0 Å². The lowest BCUT2D eigenvalue weighted by molar-refractivity contribution is 0.122. The van der Waals surface area contributed by atoms with E-state index in [2.05, 4.69) is 30.9 Å². The first-order valence-electron chi connectivity index (χ1n) is 7.71. The van der Waals surface area contributed by atoms with Crippen molar-refractivity contribution in [2.45, 2.75) is 6.92 Å². The number of aryl methyl sites for hydroxylation is 1. The predicted octanol–water partition coefficient (Wildman–Crippen LogP) is 0.106. The number of nitrogens with zero attached hydrogens (tertiary/aromatic N) is 6. The van der Waals surface area contributed by atoms with E-state index in [1.165, 1.54) is 0 Å². The first-order valence-corrected chi connectivity index (χ1v) is 7.71.